The van der Waals surface area contributed by atoms with E-state index in [0.717, 1.165) is 0 Å². The van der Waals surface area contributed by atoms with Gasteiger partial charge in [-0.25, -0.2) is 26.3 Å². The topological polar surface area (TPSA) is 149 Å². The molecule has 0 aliphatic heterocycles. The van der Waals surface area contributed by atoms with E-state index < -0.39 is 50.4 Å². The van der Waals surface area contributed by atoms with Crippen LogP contribution in [0.1, 0.15) is 6.92 Å². The van der Waals surface area contributed by atoms with Gasteiger partial charge < -0.3 is 10.2 Å². The number of halogens is 6. The number of aliphatic hydroxyl groups excluding tert-OH is 1. The summed E-state index contributed by atoms with van der Waals surface area (Å²) in [6.07, 6.45) is -8.56. The van der Waals surface area contributed by atoms with Gasteiger partial charge in [0.25, 0.3) is 23.9 Å². The summed E-state index contributed by atoms with van der Waals surface area (Å²) < 4.78 is 120. The van der Waals surface area contributed by atoms with Gasteiger partial charge in [-0.3, -0.25) is 9.11 Å². The Kier molecular flexibility index (Phi) is 13.1. The van der Waals surface area contributed by atoms with Gasteiger partial charge in [-0.2, -0.15) is 16.8 Å². The zero-order valence-corrected chi connectivity index (χ0v) is 12.0. The molecule has 0 rings (SSSR count). The van der Waals surface area contributed by atoms with E-state index in [1.54, 1.807) is 0 Å². The molecule has 0 aromatic carbocycles. The average Bonchev–Trinajstić information content (AvgIpc) is 2.24. The van der Waals surface area contributed by atoms with Crippen molar-refractivity contribution in [2.75, 3.05) is 0 Å². The monoisotopic (exact) mass is 390 g/mol. The smallest absolute Gasteiger partial charge is 0.303 e. The first-order chi connectivity index (χ1) is 9.44. The molecule has 2 atom stereocenters. The fraction of sp³-hybridized carbons (Fsp3) is 1.00. The van der Waals surface area contributed by atoms with Crippen molar-refractivity contribution in [1.82, 2.24) is 0 Å². The van der Waals surface area contributed by atoms with Gasteiger partial charge in [-0.1, -0.05) is 0 Å². The SMILES string of the molecule is CC(O)O.O=S(=O)(O)C(F)C(F)F.O=S(=O)(O)C(F)C(F)F. The molecule has 0 saturated heterocycles. The third-order valence-electron chi connectivity index (χ3n) is 0.965. The van der Waals surface area contributed by atoms with Crippen molar-refractivity contribution >= 4 is 20.2 Å². The van der Waals surface area contributed by atoms with E-state index in [1.165, 1.54) is 6.92 Å². The van der Waals surface area contributed by atoms with Crippen LogP contribution in [0, 0.1) is 0 Å². The van der Waals surface area contributed by atoms with Crippen molar-refractivity contribution in [2.45, 2.75) is 37.1 Å². The highest BCUT2D eigenvalue weighted by atomic mass is 32.2. The minimum atomic E-state index is -5.22. The molecule has 138 valence electrons. The third-order valence-corrected chi connectivity index (χ3v) is 2.51. The van der Waals surface area contributed by atoms with Crippen LogP contribution in [0.5, 0.6) is 0 Å². The first-order valence-electron chi connectivity index (χ1n) is 4.57. The minimum absolute atomic E-state index is 1.17. The van der Waals surface area contributed by atoms with Crippen LogP contribution in [0.25, 0.3) is 0 Å². The second-order valence-electron chi connectivity index (χ2n) is 3.03. The van der Waals surface area contributed by atoms with E-state index >= 15 is 0 Å². The van der Waals surface area contributed by atoms with Crippen LogP contribution in [0.2, 0.25) is 0 Å². The molecule has 0 fully saturated rings. The standard InChI is InChI=1S/2C2H3F3O3S.C2H6O2/c2*3-1(4)2(5)9(6,7)8;1-2(3)4/h2*1-2H,(H,6,7,8);2-4H,1H3. The Balaban J connectivity index is -0.000000266. The molecule has 0 saturated carbocycles. The number of hydrogen-bond donors (Lipinski definition) is 4. The molecule has 16 heteroatoms. The van der Waals surface area contributed by atoms with E-state index in [4.69, 9.17) is 19.3 Å². The highest BCUT2D eigenvalue weighted by molar-refractivity contribution is 7.86. The van der Waals surface area contributed by atoms with Gasteiger partial charge in [0, 0.05) is 0 Å². The van der Waals surface area contributed by atoms with Crippen molar-refractivity contribution in [3.63, 3.8) is 0 Å². The maximum Gasteiger partial charge on any atom is 0.303 e. The van der Waals surface area contributed by atoms with Gasteiger partial charge in [-0.15, -0.1) is 0 Å². The van der Waals surface area contributed by atoms with E-state index in [1.807, 2.05) is 0 Å². The minimum Gasteiger partial charge on any atom is -0.368 e. The molecule has 0 aliphatic rings. The molecule has 8 nitrogen and oxygen atoms in total. The summed E-state index contributed by atoms with van der Waals surface area (Å²) in [5, 5.41) is 15.2. The van der Waals surface area contributed by atoms with Crippen molar-refractivity contribution < 1.29 is 62.5 Å². The van der Waals surface area contributed by atoms with Gasteiger partial charge >= 0.3 is 20.2 Å². The summed E-state index contributed by atoms with van der Waals surface area (Å²) in [6.45, 7) is 1.28. The molecule has 0 heterocycles. The molecule has 4 N–H and O–H groups in total. The molecule has 0 bridgehead atoms. The number of alkyl halides is 6. The highest BCUT2D eigenvalue weighted by Gasteiger charge is 2.32. The summed E-state index contributed by atoms with van der Waals surface area (Å²) in [6, 6.07) is 0. The maximum absolute atomic E-state index is 11.4. The number of rotatable bonds is 4. The lowest BCUT2D eigenvalue weighted by atomic mass is 10.8. The van der Waals surface area contributed by atoms with Gasteiger partial charge in [-0.05, 0) is 6.92 Å². The van der Waals surface area contributed by atoms with Crippen molar-refractivity contribution in [3.8, 4) is 0 Å². The molecule has 0 amide bonds. The predicted octanol–water partition coefficient (Wildman–Crippen LogP) is 0.187. The van der Waals surface area contributed by atoms with E-state index in [9.17, 15) is 43.2 Å². The first kappa shape index (κ1) is 26.2. The van der Waals surface area contributed by atoms with E-state index in [-0.39, 0.29) is 0 Å². The van der Waals surface area contributed by atoms with E-state index in [2.05, 4.69) is 0 Å². The van der Waals surface area contributed by atoms with Crippen LogP contribution in [-0.4, -0.2) is 66.3 Å². The van der Waals surface area contributed by atoms with Crippen LogP contribution in [-0.2, 0) is 20.2 Å². The Hall–Kier alpha value is -0.680. The lowest BCUT2D eigenvalue weighted by molar-refractivity contribution is -0.0228. The Bertz CT molecular complexity index is 433. The molecular formula is C6H12F6O8S2. The Morgan fingerprint density at radius 1 is 0.682 bits per heavy atom. The zero-order valence-electron chi connectivity index (χ0n) is 10.4. The second-order valence-corrected chi connectivity index (χ2v) is 5.99. The van der Waals surface area contributed by atoms with Crippen molar-refractivity contribution in [3.05, 3.63) is 0 Å². The summed E-state index contributed by atoms with van der Waals surface area (Å²) in [5.74, 6) is 0. The Labute approximate surface area is 120 Å². The lowest BCUT2D eigenvalue weighted by Crippen LogP contribution is -2.22. The van der Waals surface area contributed by atoms with Gasteiger partial charge in [0.1, 0.15) is 6.29 Å². The lowest BCUT2D eigenvalue weighted by Gasteiger charge is -2.00. The van der Waals surface area contributed by atoms with Crippen molar-refractivity contribution in [2.24, 2.45) is 0 Å². The second kappa shape index (κ2) is 10.9. The predicted molar refractivity (Wildman–Crippen MR) is 58.8 cm³/mol. The van der Waals surface area contributed by atoms with Crippen LogP contribution in [0.3, 0.4) is 0 Å². The highest BCUT2D eigenvalue weighted by Crippen LogP contribution is 2.10. The molecule has 0 aromatic heterocycles. The molecular weight excluding hydrogens is 378 g/mol. The Morgan fingerprint density at radius 2 is 0.818 bits per heavy atom. The molecule has 2 unspecified atom stereocenters. The van der Waals surface area contributed by atoms with Crippen molar-refractivity contribution in [1.29, 1.82) is 0 Å². The quantitative estimate of drug-likeness (QED) is 0.302. The number of hydrogen-bond acceptors (Lipinski definition) is 6. The zero-order chi connectivity index (χ0) is 18.9. The summed E-state index contributed by atoms with van der Waals surface area (Å²) in [5.41, 5.74) is -6.98. The fourth-order valence-corrected chi connectivity index (χ4v) is 0.780. The van der Waals surface area contributed by atoms with E-state index in [0.29, 0.717) is 0 Å². The molecule has 0 aromatic rings. The van der Waals surface area contributed by atoms with Crippen LogP contribution in [0.15, 0.2) is 0 Å². The van der Waals surface area contributed by atoms with Gasteiger partial charge in [0.15, 0.2) is 0 Å². The first-order valence-corrected chi connectivity index (χ1v) is 7.58. The van der Waals surface area contributed by atoms with Crippen LogP contribution < -0.4 is 0 Å². The maximum atomic E-state index is 11.4. The molecule has 0 radical (unpaired) electrons. The largest absolute Gasteiger partial charge is 0.368 e. The summed E-state index contributed by atoms with van der Waals surface area (Å²) in [7, 11) is -10.4. The van der Waals surface area contributed by atoms with Crippen LogP contribution >= 0.6 is 0 Å². The third kappa shape index (κ3) is 17.4. The molecule has 0 spiro atoms. The average molecular weight is 390 g/mol. The summed E-state index contributed by atoms with van der Waals surface area (Å²) >= 11 is 0. The summed E-state index contributed by atoms with van der Waals surface area (Å²) in [4.78, 5) is 0. The normalized spacial score (nSPS) is 14.8. The fourth-order valence-electron chi connectivity index (χ4n) is 0.260. The molecule has 22 heavy (non-hydrogen) atoms. The van der Waals surface area contributed by atoms with Gasteiger partial charge in [0.2, 0.25) is 0 Å². The number of aliphatic hydroxyl groups is 2. The van der Waals surface area contributed by atoms with Gasteiger partial charge in [0.05, 0.1) is 0 Å². The van der Waals surface area contributed by atoms with Crippen LogP contribution in [0.4, 0.5) is 26.3 Å². The molecule has 0 aliphatic carbocycles. The Morgan fingerprint density at radius 3 is 0.818 bits per heavy atom.